The Morgan fingerprint density at radius 1 is 1.43 bits per heavy atom. The number of aromatic amines is 2. The van der Waals surface area contributed by atoms with Crippen LogP contribution < -0.4 is 16.6 Å². The van der Waals surface area contributed by atoms with E-state index >= 15 is 0 Å². The van der Waals surface area contributed by atoms with E-state index in [1.54, 1.807) is 0 Å². The molecule has 0 unspecified atom stereocenters. The average Bonchev–Trinajstić information content (AvgIpc) is 2.08. The summed E-state index contributed by atoms with van der Waals surface area (Å²) in [4.78, 5) is 25.8. The minimum Gasteiger partial charge on any atom is -0.363 e. The highest BCUT2D eigenvalue weighted by molar-refractivity contribution is 5.28. The van der Waals surface area contributed by atoms with Crippen LogP contribution in [0.25, 0.3) is 0 Å². The third-order valence-corrected chi connectivity index (χ3v) is 1.56. The molecule has 0 radical (unpaired) electrons. The van der Waals surface area contributed by atoms with Gasteiger partial charge in [0.1, 0.15) is 0 Å². The Kier molecular flexibility index (Phi) is 3.41. The van der Waals surface area contributed by atoms with E-state index in [0.717, 1.165) is 6.54 Å². The Morgan fingerprint density at radius 2 is 2.14 bits per heavy atom. The van der Waals surface area contributed by atoms with Gasteiger partial charge in [0.2, 0.25) is 5.82 Å². The molecule has 1 aromatic rings. The van der Waals surface area contributed by atoms with Crippen LogP contribution in [0.4, 0.5) is 5.82 Å². The Balaban J connectivity index is 2.60. The van der Waals surface area contributed by atoms with Crippen LogP contribution in [0.3, 0.4) is 0 Å². The summed E-state index contributed by atoms with van der Waals surface area (Å²) in [6, 6.07) is 0. The standard InChI is InChI=1S/C7H13N5O2/c1-12(2)4-3-8-5-6(13)9-7(14)11-10-5/h3-4H2,1-2H3,(H,8,10)(H2,9,11,13,14). The van der Waals surface area contributed by atoms with Crippen molar-refractivity contribution in [3.63, 3.8) is 0 Å². The highest BCUT2D eigenvalue weighted by Gasteiger charge is 2.00. The first-order valence-corrected chi connectivity index (χ1v) is 4.17. The van der Waals surface area contributed by atoms with Gasteiger partial charge in [0.15, 0.2) is 0 Å². The number of H-pyrrole nitrogens is 2. The largest absolute Gasteiger partial charge is 0.363 e. The van der Waals surface area contributed by atoms with E-state index in [0.29, 0.717) is 6.54 Å². The molecule has 0 atom stereocenters. The third kappa shape index (κ3) is 3.02. The summed E-state index contributed by atoms with van der Waals surface area (Å²) in [6.07, 6.45) is 0. The molecule has 1 rings (SSSR count). The molecule has 0 bridgehead atoms. The van der Waals surface area contributed by atoms with Gasteiger partial charge in [-0.1, -0.05) is 0 Å². The maximum Gasteiger partial charge on any atom is 0.342 e. The van der Waals surface area contributed by atoms with Crippen molar-refractivity contribution < 1.29 is 0 Å². The summed E-state index contributed by atoms with van der Waals surface area (Å²) in [5.74, 6) is 0.131. The van der Waals surface area contributed by atoms with Gasteiger partial charge in [0, 0.05) is 13.1 Å². The number of nitrogens with one attached hydrogen (secondary N) is 3. The van der Waals surface area contributed by atoms with E-state index in [1.165, 1.54) is 0 Å². The summed E-state index contributed by atoms with van der Waals surface area (Å²) < 4.78 is 0. The number of hydrogen-bond acceptors (Lipinski definition) is 5. The number of rotatable bonds is 4. The zero-order chi connectivity index (χ0) is 10.6. The maximum atomic E-state index is 11.1. The fourth-order valence-electron chi connectivity index (χ4n) is 0.865. The average molecular weight is 199 g/mol. The number of hydrogen-bond donors (Lipinski definition) is 3. The van der Waals surface area contributed by atoms with Crippen LogP contribution in [-0.2, 0) is 0 Å². The van der Waals surface area contributed by atoms with Gasteiger partial charge in [-0.2, -0.15) is 0 Å². The molecule has 3 N–H and O–H groups in total. The van der Waals surface area contributed by atoms with E-state index in [-0.39, 0.29) is 5.82 Å². The van der Waals surface area contributed by atoms with Gasteiger partial charge in [-0.25, -0.2) is 9.89 Å². The molecule has 78 valence electrons. The maximum absolute atomic E-state index is 11.1. The molecule has 7 nitrogen and oxygen atoms in total. The molecule has 0 aliphatic heterocycles. The fourth-order valence-corrected chi connectivity index (χ4v) is 0.865. The molecule has 0 aliphatic rings. The monoisotopic (exact) mass is 199 g/mol. The van der Waals surface area contributed by atoms with Crippen molar-refractivity contribution >= 4 is 5.82 Å². The summed E-state index contributed by atoms with van der Waals surface area (Å²) >= 11 is 0. The predicted molar refractivity (Wildman–Crippen MR) is 52.5 cm³/mol. The zero-order valence-electron chi connectivity index (χ0n) is 8.13. The van der Waals surface area contributed by atoms with Gasteiger partial charge in [-0.05, 0) is 14.1 Å². The number of aromatic nitrogens is 3. The van der Waals surface area contributed by atoms with Crippen LogP contribution in [0, 0.1) is 0 Å². The van der Waals surface area contributed by atoms with Crippen molar-refractivity contribution in [1.82, 2.24) is 20.1 Å². The second-order valence-electron chi connectivity index (χ2n) is 3.09. The van der Waals surface area contributed by atoms with Gasteiger partial charge in [0.05, 0.1) is 0 Å². The highest BCUT2D eigenvalue weighted by atomic mass is 16.2. The highest BCUT2D eigenvalue weighted by Crippen LogP contribution is 1.85. The van der Waals surface area contributed by atoms with E-state index in [9.17, 15) is 9.59 Å². The Morgan fingerprint density at radius 3 is 2.71 bits per heavy atom. The normalized spacial score (nSPS) is 10.5. The quantitative estimate of drug-likeness (QED) is 0.544. The van der Waals surface area contributed by atoms with Crippen molar-refractivity contribution in [2.75, 3.05) is 32.5 Å². The van der Waals surface area contributed by atoms with Crippen LogP contribution in [0.1, 0.15) is 0 Å². The fraction of sp³-hybridized carbons (Fsp3) is 0.571. The van der Waals surface area contributed by atoms with Gasteiger partial charge in [0.25, 0.3) is 5.56 Å². The molecule has 1 aromatic heterocycles. The summed E-state index contributed by atoms with van der Waals surface area (Å²) in [5, 5.41) is 8.51. The van der Waals surface area contributed by atoms with Crippen LogP contribution in [0.2, 0.25) is 0 Å². The van der Waals surface area contributed by atoms with Crippen LogP contribution in [0.15, 0.2) is 9.59 Å². The van der Waals surface area contributed by atoms with Crippen molar-refractivity contribution in [3.05, 3.63) is 20.8 Å². The summed E-state index contributed by atoms with van der Waals surface area (Å²) in [6.45, 7) is 1.37. The smallest absolute Gasteiger partial charge is 0.342 e. The summed E-state index contributed by atoms with van der Waals surface area (Å²) in [7, 11) is 3.85. The van der Waals surface area contributed by atoms with Gasteiger partial charge in [-0.3, -0.25) is 9.78 Å². The van der Waals surface area contributed by atoms with E-state index < -0.39 is 11.2 Å². The number of likely N-dealkylation sites (N-methyl/N-ethyl adjacent to an activating group) is 1. The van der Waals surface area contributed by atoms with Crippen LogP contribution in [-0.4, -0.2) is 47.3 Å². The van der Waals surface area contributed by atoms with Gasteiger partial charge < -0.3 is 10.2 Å². The lowest BCUT2D eigenvalue weighted by Gasteiger charge is -2.09. The zero-order valence-corrected chi connectivity index (χ0v) is 8.13. The molecule has 0 aromatic carbocycles. The molecule has 0 fully saturated rings. The molecule has 0 spiro atoms. The molecule has 7 heteroatoms. The second-order valence-corrected chi connectivity index (χ2v) is 3.09. The van der Waals surface area contributed by atoms with Crippen LogP contribution >= 0.6 is 0 Å². The van der Waals surface area contributed by atoms with E-state index in [2.05, 4.69) is 20.5 Å². The minimum atomic E-state index is -0.604. The Hall–Kier alpha value is -1.63. The molecule has 14 heavy (non-hydrogen) atoms. The lowest BCUT2D eigenvalue weighted by Crippen LogP contribution is -2.29. The van der Waals surface area contributed by atoms with Crippen molar-refractivity contribution in [3.8, 4) is 0 Å². The van der Waals surface area contributed by atoms with Crippen molar-refractivity contribution in [1.29, 1.82) is 0 Å². The van der Waals surface area contributed by atoms with Gasteiger partial charge >= 0.3 is 5.69 Å². The topological polar surface area (TPSA) is 93.9 Å². The van der Waals surface area contributed by atoms with E-state index in [4.69, 9.17) is 0 Å². The molecule has 0 aliphatic carbocycles. The van der Waals surface area contributed by atoms with E-state index in [1.807, 2.05) is 19.0 Å². The number of anilines is 1. The molecular formula is C7H13N5O2. The number of nitrogens with zero attached hydrogens (tertiary/aromatic N) is 2. The predicted octanol–water partition coefficient (Wildman–Crippen LogP) is -1.57. The minimum absolute atomic E-state index is 0.131. The Labute approximate surface area is 80.2 Å². The van der Waals surface area contributed by atoms with Crippen molar-refractivity contribution in [2.24, 2.45) is 0 Å². The lowest BCUT2D eigenvalue weighted by atomic mass is 10.5. The molecule has 1 heterocycles. The second kappa shape index (κ2) is 4.56. The SMILES string of the molecule is CN(C)CCNc1n[nH]c(=O)[nH]c1=O. The first-order chi connectivity index (χ1) is 6.59. The van der Waals surface area contributed by atoms with Crippen LogP contribution in [0.5, 0.6) is 0 Å². The molecular weight excluding hydrogens is 186 g/mol. The molecule has 0 saturated heterocycles. The third-order valence-electron chi connectivity index (χ3n) is 1.56. The Bertz CT molecular complexity index is 394. The first kappa shape index (κ1) is 10.5. The van der Waals surface area contributed by atoms with Crippen molar-refractivity contribution in [2.45, 2.75) is 0 Å². The molecule has 0 amide bonds. The first-order valence-electron chi connectivity index (χ1n) is 4.17. The molecule has 0 saturated carbocycles. The van der Waals surface area contributed by atoms with Gasteiger partial charge in [-0.15, -0.1) is 5.10 Å². The summed E-state index contributed by atoms with van der Waals surface area (Å²) in [5.41, 5.74) is -1.11. The lowest BCUT2D eigenvalue weighted by molar-refractivity contribution is 0.425.